The van der Waals surface area contributed by atoms with Gasteiger partial charge < -0.3 is 5.73 Å². The van der Waals surface area contributed by atoms with Crippen LogP contribution in [-0.2, 0) is 0 Å². The Kier molecular flexibility index (Phi) is 5.02. The van der Waals surface area contributed by atoms with Gasteiger partial charge in [-0.25, -0.2) is 0 Å². The van der Waals surface area contributed by atoms with Crippen molar-refractivity contribution in [2.75, 3.05) is 5.75 Å². The minimum Gasteiger partial charge on any atom is -0.314 e. The summed E-state index contributed by atoms with van der Waals surface area (Å²) in [6.45, 7) is 1.77. The molecule has 2 N–H and O–H groups in total. The van der Waals surface area contributed by atoms with E-state index < -0.39 is 5.54 Å². The molecule has 0 bridgehead atoms. The second kappa shape index (κ2) is 6.05. The molecule has 0 aliphatic rings. The molecule has 0 saturated carbocycles. The zero-order valence-corrected chi connectivity index (χ0v) is 10.3. The van der Waals surface area contributed by atoms with Crippen molar-refractivity contribution in [1.29, 1.82) is 5.26 Å². The fraction of sp³-hybridized carbons (Fsp3) is 0.667. The predicted octanol–water partition coefficient (Wildman–Crippen LogP) is 2.04. The molecule has 0 fully saturated rings. The van der Waals surface area contributed by atoms with E-state index in [-0.39, 0.29) is 0 Å². The highest BCUT2D eigenvalue weighted by Crippen LogP contribution is 2.21. The highest BCUT2D eigenvalue weighted by atomic mass is 32.2. The first-order chi connectivity index (χ1) is 7.14. The maximum Gasteiger partial charge on any atom is 0.174 e. The molecular formula is C9H14N4S2. The van der Waals surface area contributed by atoms with Crippen LogP contribution in [0.25, 0.3) is 0 Å². The van der Waals surface area contributed by atoms with E-state index in [0.29, 0.717) is 0 Å². The van der Waals surface area contributed by atoms with Crippen molar-refractivity contribution < 1.29 is 0 Å². The lowest BCUT2D eigenvalue weighted by Gasteiger charge is -2.13. The maximum atomic E-state index is 8.70. The second-order valence-electron chi connectivity index (χ2n) is 3.54. The van der Waals surface area contributed by atoms with Crippen LogP contribution in [-0.4, -0.2) is 21.5 Å². The van der Waals surface area contributed by atoms with E-state index in [9.17, 15) is 0 Å². The average molecular weight is 242 g/mol. The summed E-state index contributed by atoms with van der Waals surface area (Å²) in [6.07, 6.45) is 2.78. The topological polar surface area (TPSA) is 75.6 Å². The molecule has 0 aromatic carbocycles. The van der Waals surface area contributed by atoms with Gasteiger partial charge in [0.1, 0.15) is 11.0 Å². The number of nitriles is 1. The van der Waals surface area contributed by atoms with E-state index in [2.05, 4.69) is 16.3 Å². The first-order valence-corrected chi connectivity index (χ1v) is 6.60. The van der Waals surface area contributed by atoms with E-state index in [0.717, 1.165) is 29.4 Å². The minimum absolute atomic E-state index is 0.673. The number of hydrogen-bond acceptors (Lipinski definition) is 6. The summed E-state index contributed by atoms with van der Waals surface area (Å²) in [5, 5.41) is 16.4. The average Bonchev–Trinajstić information content (AvgIpc) is 2.70. The minimum atomic E-state index is -0.673. The molecule has 4 nitrogen and oxygen atoms in total. The van der Waals surface area contributed by atoms with Crippen molar-refractivity contribution in [3.05, 3.63) is 5.51 Å². The smallest absolute Gasteiger partial charge is 0.174 e. The number of rotatable bonds is 6. The van der Waals surface area contributed by atoms with Crippen molar-refractivity contribution in [3.63, 3.8) is 0 Å². The Hall–Kier alpha value is -0.640. The van der Waals surface area contributed by atoms with Crippen LogP contribution in [0, 0.1) is 11.3 Å². The molecule has 6 heteroatoms. The number of aromatic nitrogens is 2. The van der Waals surface area contributed by atoms with Crippen LogP contribution in [0.2, 0.25) is 0 Å². The molecule has 0 amide bonds. The summed E-state index contributed by atoms with van der Waals surface area (Å²) in [4.78, 5) is 0. The molecule has 1 unspecified atom stereocenters. The highest BCUT2D eigenvalue weighted by molar-refractivity contribution is 8.00. The Morgan fingerprint density at radius 3 is 3.07 bits per heavy atom. The van der Waals surface area contributed by atoms with Gasteiger partial charge >= 0.3 is 0 Å². The molecule has 1 rings (SSSR count). The van der Waals surface area contributed by atoms with Crippen LogP contribution in [0.1, 0.15) is 26.2 Å². The van der Waals surface area contributed by atoms with E-state index in [1.165, 1.54) is 0 Å². The van der Waals surface area contributed by atoms with Crippen LogP contribution in [0.3, 0.4) is 0 Å². The maximum absolute atomic E-state index is 8.70. The molecule has 82 valence electrons. The third kappa shape index (κ3) is 5.11. The van der Waals surface area contributed by atoms with Crippen LogP contribution in [0.4, 0.5) is 0 Å². The summed E-state index contributed by atoms with van der Waals surface area (Å²) in [6, 6.07) is 2.10. The van der Waals surface area contributed by atoms with Crippen LogP contribution in [0.5, 0.6) is 0 Å². The Morgan fingerprint density at radius 2 is 2.47 bits per heavy atom. The molecule has 15 heavy (non-hydrogen) atoms. The molecule has 0 saturated heterocycles. The number of nitrogens with two attached hydrogens (primary N) is 1. The SMILES string of the molecule is CC(N)(C#N)CCCCSc1nncs1. The number of unbranched alkanes of at least 4 members (excludes halogenated alkanes) is 1. The number of hydrogen-bond donors (Lipinski definition) is 1. The van der Waals surface area contributed by atoms with Crippen LogP contribution in [0.15, 0.2) is 9.85 Å². The van der Waals surface area contributed by atoms with Gasteiger partial charge in [-0.15, -0.1) is 10.2 Å². The molecule has 1 heterocycles. The summed E-state index contributed by atoms with van der Waals surface area (Å²) in [5.41, 5.74) is 6.76. The number of thioether (sulfide) groups is 1. The van der Waals surface area contributed by atoms with E-state index >= 15 is 0 Å². The van der Waals surface area contributed by atoms with Gasteiger partial charge in [-0.1, -0.05) is 23.1 Å². The molecule has 1 atom stereocenters. The van der Waals surface area contributed by atoms with Gasteiger partial charge in [0.2, 0.25) is 0 Å². The zero-order valence-electron chi connectivity index (χ0n) is 8.64. The van der Waals surface area contributed by atoms with Gasteiger partial charge in [-0.05, 0) is 26.2 Å². The van der Waals surface area contributed by atoms with Gasteiger partial charge in [-0.2, -0.15) is 5.26 Å². The van der Waals surface area contributed by atoms with Crippen molar-refractivity contribution in [2.24, 2.45) is 5.73 Å². The first-order valence-electron chi connectivity index (χ1n) is 4.73. The molecule has 0 spiro atoms. The Morgan fingerprint density at radius 1 is 1.67 bits per heavy atom. The molecule has 0 aliphatic heterocycles. The fourth-order valence-corrected chi connectivity index (χ4v) is 2.59. The van der Waals surface area contributed by atoms with Gasteiger partial charge in [0.05, 0.1) is 6.07 Å². The van der Waals surface area contributed by atoms with E-state index in [4.69, 9.17) is 11.0 Å². The Bertz CT molecular complexity index is 315. The lowest BCUT2D eigenvalue weighted by Crippen LogP contribution is -2.33. The summed E-state index contributed by atoms with van der Waals surface area (Å²) >= 11 is 3.26. The van der Waals surface area contributed by atoms with Gasteiger partial charge in [0.15, 0.2) is 4.34 Å². The summed E-state index contributed by atoms with van der Waals surface area (Å²) < 4.78 is 1.01. The molecule has 1 aromatic rings. The van der Waals surface area contributed by atoms with E-state index in [1.807, 2.05) is 0 Å². The molecule has 0 radical (unpaired) electrons. The van der Waals surface area contributed by atoms with E-state index in [1.54, 1.807) is 35.5 Å². The predicted molar refractivity (Wildman–Crippen MR) is 62.7 cm³/mol. The van der Waals surface area contributed by atoms with Crippen LogP contribution >= 0.6 is 23.1 Å². The van der Waals surface area contributed by atoms with Crippen molar-refractivity contribution in [3.8, 4) is 6.07 Å². The monoisotopic (exact) mass is 242 g/mol. The van der Waals surface area contributed by atoms with Crippen LogP contribution < -0.4 is 5.73 Å². The lowest BCUT2D eigenvalue weighted by molar-refractivity contribution is 0.519. The molecule has 0 aliphatic carbocycles. The lowest BCUT2D eigenvalue weighted by atomic mass is 9.99. The third-order valence-corrected chi connectivity index (χ3v) is 3.86. The molecular weight excluding hydrogens is 228 g/mol. The van der Waals surface area contributed by atoms with Crippen molar-refractivity contribution >= 4 is 23.1 Å². The Balaban J connectivity index is 2.06. The van der Waals surface area contributed by atoms with Gasteiger partial charge in [-0.3, -0.25) is 0 Å². The third-order valence-electron chi connectivity index (χ3n) is 1.91. The normalized spacial score (nSPS) is 14.5. The highest BCUT2D eigenvalue weighted by Gasteiger charge is 2.15. The first kappa shape index (κ1) is 12.4. The zero-order chi connectivity index (χ0) is 11.1. The van der Waals surface area contributed by atoms with Crippen molar-refractivity contribution in [1.82, 2.24) is 10.2 Å². The van der Waals surface area contributed by atoms with Gasteiger partial charge in [0.25, 0.3) is 0 Å². The van der Waals surface area contributed by atoms with Gasteiger partial charge in [0, 0.05) is 5.75 Å². The summed E-state index contributed by atoms with van der Waals surface area (Å²) in [5.74, 6) is 1.01. The fourth-order valence-electron chi connectivity index (χ4n) is 1.04. The molecule has 1 aromatic heterocycles. The van der Waals surface area contributed by atoms with Crippen molar-refractivity contribution in [2.45, 2.75) is 36.1 Å². The second-order valence-corrected chi connectivity index (χ2v) is 5.71. The largest absolute Gasteiger partial charge is 0.314 e. The standard InChI is InChI=1S/C9H14N4S2/c1-9(11,6-10)4-2-3-5-14-8-13-12-7-15-8/h7H,2-5,11H2,1H3. The summed E-state index contributed by atoms with van der Waals surface area (Å²) in [7, 11) is 0. The Labute approximate surface area is 97.9 Å². The number of nitrogens with zero attached hydrogens (tertiary/aromatic N) is 3. The quantitative estimate of drug-likeness (QED) is 0.610.